The molecule has 0 heterocycles. The second-order valence-electron chi connectivity index (χ2n) is 5.71. The summed E-state index contributed by atoms with van der Waals surface area (Å²) < 4.78 is 11.4. The molecule has 120 valence electrons. The molecule has 1 rings (SSSR count). The van der Waals surface area contributed by atoms with Crippen LogP contribution in [-0.2, 0) is 6.54 Å². The number of nitrogens with zero attached hydrogens (tertiary/aromatic N) is 1. The van der Waals surface area contributed by atoms with E-state index in [1.807, 2.05) is 26.8 Å². The molecule has 0 aromatic heterocycles. The minimum absolute atomic E-state index is 0.152. The van der Waals surface area contributed by atoms with E-state index in [9.17, 15) is 0 Å². The van der Waals surface area contributed by atoms with Gasteiger partial charge in [-0.15, -0.1) is 0 Å². The summed E-state index contributed by atoms with van der Waals surface area (Å²) in [7, 11) is 4.20. The second-order valence-corrected chi connectivity index (χ2v) is 5.71. The normalized spacial score (nSPS) is 11.2. The van der Waals surface area contributed by atoms with Crippen LogP contribution < -0.4 is 14.8 Å². The van der Waals surface area contributed by atoms with E-state index in [4.69, 9.17) is 9.47 Å². The van der Waals surface area contributed by atoms with E-state index in [2.05, 4.69) is 36.4 Å². The lowest BCUT2D eigenvalue weighted by Crippen LogP contribution is -2.21. The molecule has 0 fully saturated rings. The van der Waals surface area contributed by atoms with Gasteiger partial charge in [-0.3, -0.25) is 0 Å². The highest BCUT2D eigenvalue weighted by atomic mass is 16.5. The standard InChI is InChI=1S/C17H30N2O2/c1-6-20-17-12-15(8-9-16(17)21-14(2)3)13-18-10-7-11-19(4)5/h8-9,12,14,18H,6-7,10-11,13H2,1-5H3. The minimum atomic E-state index is 0.152. The molecule has 0 spiro atoms. The Bertz CT molecular complexity index is 406. The lowest BCUT2D eigenvalue weighted by molar-refractivity contribution is 0.223. The van der Waals surface area contributed by atoms with Crippen molar-refractivity contribution in [3.05, 3.63) is 23.8 Å². The monoisotopic (exact) mass is 294 g/mol. The van der Waals surface area contributed by atoms with E-state index in [1.165, 1.54) is 5.56 Å². The second kappa shape index (κ2) is 9.64. The van der Waals surface area contributed by atoms with Crippen LogP contribution in [0.15, 0.2) is 18.2 Å². The third kappa shape index (κ3) is 7.34. The van der Waals surface area contributed by atoms with Crippen LogP contribution in [0.5, 0.6) is 11.5 Å². The number of rotatable bonds is 10. The maximum absolute atomic E-state index is 5.77. The minimum Gasteiger partial charge on any atom is -0.490 e. The average molecular weight is 294 g/mol. The molecule has 0 amide bonds. The first-order chi connectivity index (χ1) is 10.0. The van der Waals surface area contributed by atoms with E-state index in [-0.39, 0.29) is 6.10 Å². The van der Waals surface area contributed by atoms with E-state index >= 15 is 0 Å². The van der Waals surface area contributed by atoms with Crippen LogP contribution in [0, 0.1) is 0 Å². The molecule has 0 radical (unpaired) electrons. The zero-order chi connectivity index (χ0) is 15.7. The molecule has 1 aromatic rings. The smallest absolute Gasteiger partial charge is 0.161 e. The van der Waals surface area contributed by atoms with Crippen LogP contribution >= 0.6 is 0 Å². The van der Waals surface area contributed by atoms with Crippen LogP contribution in [0.3, 0.4) is 0 Å². The summed E-state index contributed by atoms with van der Waals surface area (Å²) in [5.74, 6) is 1.65. The molecule has 21 heavy (non-hydrogen) atoms. The molecule has 4 nitrogen and oxygen atoms in total. The number of hydrogen-bond donors (Lipinski definition) is 1. The summed E-state index contributed by atoms with van der Waals surface area (Å²) in [6, 6.07) is 6.17. The van der Waals surface area contributed by atoms with Crippen molar-refractivity contribution in [2.24, 2.45) is 0 Å². The fraction of sp³-hybridized carbons (Fsp3) is 0.647. The number of hydrogen-bond acceptors (Lipinski definition) is 4. The Morgan fingerprint density at radius 1 is 1.19 bits per heavy atom. The van der Waals surface area contributed by atoms with Crippen molar-refractivity contribution in [1.29, 1.82) is 0 Å². The molecule has 0 saturated heterocycles. The van der Waals surface area contributed by atoms with E-state index in [0.29, 0.717) is 6.61 Å². The zero-order valence-electron chi connectivity index (χ0n) is 14.1. The Morgan fingerprint density at radius 2 is 1.95 bits per heavy atom. The van der Waals surface area contributed by atoms with Gasteiger partial charge in [-0.2, -0.15) is 0 Å². The lowest BCUT2D eigenvalue weighted by Gasteiger charge is -2.16. The largest absolute Gasteiger partial charge is 0.490 e. The van der Waals surface area contributed by atoms with Crippen molar-refractivity contribution in [2.45, 2.75) is 39.8 Å². The Labute approximate surface area is 129 Å². The summed E-state index contributed by atoms with van der Waals surface area (Å²) in [5, 5.41) is 3.46. The molecule has 4 heteroatoms. The highest BCUT2D eigenvalue weighted by molar-refractivity contribution is 5.43. The molecule has 0 atom stereocenters. The van der Waals surface area contributed by atoms with Gasteiger partial charge >= 0.3 is 0 Å². The zero-order valence-corrected chi connectivity index (χ0v) is 14.1. The summed E-state index contributed by atoms with van der Waals surface area (Å²) in [6.45, 7) is 9.67. The molecule has 0 aliphatic heterocycles. The third-order valence-electron chi connectivity index (χ3n) is 2.96. The highest BCUT2D eigenvalue weighted by Crippen LogP contribution is 2.29. The molecular weight excluding hydrogens is 264 g/mol. The van der Waals surface area contributed by atoms with Crippen molar-refractivity contribution < 1.29 is 9.47 Å². The fourth-order valence-electron chi connectivity index (χ4n) is 2.04. The molecule has 0 aliphatic carbocycles. The van der Waals surface area contributed by atoms with E-state index in [0.717, 1.165) is 37.6 Å². The van der Waals surface area contributed by atoms with Gasteiger partial charge in [-0.25, -0.2) is 0 Å². The Morgan fingerprint density at radius 3 is 2.57 bits per heavy atom. The Hall–Kier alpha value is -1.26. The summed E-state index contributed by atoms with van der Waals surface area (Å²) >= 11 is 0. The molecule has 1 N–H and O–H groups in total. The Balaban J connectivity index is 2.53. The maximum atomic E-state index is 5.77. The van der Waals surface area contributed by atoms with Gasteiger partial charge in [-0.1, -0.05) is 6.07 Å². The lowest BCUT2D eigenvalue weighted by atomic mass is 10.2. The van der Waals surface area contributed by atoms with Crippen molar-refractivity contribution >= 4 is 0 Å². The first-order valence-electron chi connectivity index (χ1n) is 7.80. The van der Waals surface area contributed by atoms with Gasteiger partial charge in [0.05, 0.1) is 12.7 Å². The molecule has 0 saturated carbocycles. The molecule has 0 unspecified atom stereocenters. The van der Waals surface area contributed by atoms with Gasteiger partial charge in [0.2, 0.25) is 0 Å². The first kappa shape index (κ1) is 17.8. The number of benzene rings is 1. The van der Waals surface area contributed by atoms with Crippen LogP contribution in [0.2, 0.25) is 0 Å². The van der Waals surface area contributed by atoms with Crippen LogP contribution in [0.25, 0.3) is 0 Å². The predicted molar refractivity (Wildman–Crippen MR) is 88.3 cm³/mol. The SMILES string of the molecule is CCOc1cc(CNCCCN(C)C)ccc1OC(C)C. The number of nitrogens with one attached hydrogen (secondary N) is 1. The van der Waals surface area contributed by atoms with E-state index < -0.39 is 0 Å². The van der Waals surface area contributed by atoms with Crippen LogP contribution in [-0.4, -0.2) is 44.8 Å². The number of ether oxygens (including phenoxy) is 2. The van der Waals surface area contributed by atoms with Crippen molar-refractivity contribution in [3.63, 3.8) is 0 Å². The molecule has 0 bridgehead atoms. The first-order valence-corrected chi connectivity index (χ1v) is 7.80. The van der Waals surface area contributed by atoms with Crippen molar-refractivity contribution in [1.82, 2.24) is 10.2 Å². The average Bonchev–Trinajstić information content (AvgIpc) is 2.40. The topological polar surface area (TPSA) is 33.7 Å². The fourth-order valence-corrected chi connectivity index (χ4v) is 2.04. The summed E-state index contributed by atoms with van der Waals surface area (Å²) in [4.78, 5) is 2.20. The summed E-state index contributed by atoms with van der Waals surface area (Å²) in [5.41, 5.74) is 1.22. The predicted octanol–water partition coefficient (Wildman–Crippen LogP) is 2.91. The molecule has 1 aromatic carbocycles. The summed E-state index contributed by atoms with van der Waals surface area (Å²) in [6.07, 6.45) is 1.30. The maximum Gasteiger partial charge on any atom is 0.161 e. The highest BCUT2D eigenvalue weighted by Gasteiger charge is 2.08. The van der Waals surface area contributed by atoms with Crippen molar-refractivity contribution in [2.75, 3.05) is 33.8 Å². The van der Waals surface area contributed by atoms with Gasteiger partial charge in [0.25, 0.3) is 0 Å². The van der Waals surface area contributed by atoms with Gasteiger partial charge in [0.15, 0.2) is 11.5 Å². The van der Waals surface area contributed by atoms with Gasteiger partial charge < -0.3 is 19.7 Å². The molecule has 0 aliphatic rings. The molecular formula is C17H30N2O2. The van der Waals surface area contributed by atoms with Crippen LogP contribution in [0.4, 0.5) is 0 Å². The van der Waals surface area contributed by atoms with E-state index in [1.54, 1.807) is 0 Å². The Kier molecular flexibility index (Phi) is 8.16. The van der Waals surface area contributed by atoms with Gasteiger partial charge in [-0.05, 0) is 72.1 Å². The van der Waals surface area contributed by atoms with Gasteiger partial charge in [0, 0.05) is 6.54 Å². The van der Waals surface area contributed by atoms with Crippen molar-refractivity contribution in [3.8, 4) is 11.5 Å². The van der Waals surface area contributed by atoms with Gasteiger partial charge in [0.1, 0.15) is 0 Å². The third-order valence-corrected chi connectivity index (χ3v) is 2.96. The quantitative estimate of drug-likeness (QED) is 0.673. The van der Waals surface area contributed by atoms with Crippen LogP contribution in [0.1, 0.15) is 32.8 Å².